The van der Waals surface area contributed by atoms with Gasteiger partial charge >= 0.3 is 0 Å². The second-order valence-electron chi connectivity index (χ2n) is 6.26. The van der Waals surface area contributed by atoms with Gasteiger partial charge in [0.25, 0.3) is 5.56 Å². The molecule has 2 N–H and O–H groups in total. The quantitative estimate of drug-likeness (QED) is 0.549. The van der Waals surface area contributed by atoms with Gasteiger partial charge in [-0.1, -0.05) is 42.5 Å². The number of nitrogens with zero attached hydrogens (tertiary/aromatic N) is 2. The Bertz CT molecular complexity index is 1230. The van der Waals surface area contributed by atoms with E-state index in [0.29, 0.717) is 28.2 Å². The van der Waals surface area contributed by atoms with Crippen LogP contribution in [-0.2, 0) is 0 Å². The highest BCUT2D eigenvalue weighted by Crippen LogP contribution is 2.26. The van der Waals surface area contributed by atoms with Gasteiger partial charge in [-0.2, -0.15) is 0 Å². The van der Waals surface area contributed by atoms with Crippen molar-refractivity contribution >= 4 is 28.7 Å². The molecule has 28 heavy (non-hydrogen) atoms. The predicted molar refractivity (Wildman–Crippen MR) is 114 cm³/mol. The third-order valence-corrected chi connectivity index (χ3v) is 4.55. The van der Waals surface area contributed by atoms with E-state index in [1.807, 2.05) is 66.7 Å². The largest absolute Gasteiger partial charge is 0.495 e. The van der Waals surface area contributed by atoms with E-state index in [1.54, 1.807) is 29.9 Å². The number of methoxy groups -OCH3 is 1. The van der Waals surface area contributed by atoms with Gasteiger partial charge in [0.15, 0.2) is 0 Å². The SMILES string of the molecule is COc1cccc(/C=C/c2nc3ccccc3c(=O)n2-c2ccccc2)c1N. The van der Waals surface area contributed by atoms with Crippen molar-refractivity contribution in [1.29, 1.82) is 0 Å². The van der Waals surface area contributed by atoms with Crippen LogP contribution in [0.3, 0.4) is 0 Å². The summed E-state index contributed by atoms with van der Waals surface area (Å²) in [6.07, 6.45) is 3.64. The monoisotopic (exact) mass is 369 g/mol. The number of hydrogen-bond acceptors (Lipinski definition) is 4. The van der Waals surface area contributed by atoms with Crippen molar-refractivity contribution in [3.8, 4) is 11.4 Å². The minimum Gasteiger partial charge on any atom is -0.495 e. The molecule has 0 spiro atoms. The van der Waals surface area contributed by atoms with E-state index in [4.69, 9.17) is 15.5 Å². The van der Waals surface area contributed by atoms with Crippen LogP contribution in [-0.4, -0.2) is 16.7 Å². The van der Waals surface area contributed by atoms with Crippen LogP contribution in [0.5, 0.6) is 5.75 Å². The highest BCUT2D eigenvalue weighted by atomic mass is 16.5. The summed E-state index contributed by atoms with van der Waals surface area (Å²) in [5.74, 6) is 1.13. The van der Waals surface area contributed by atoms with Gasteiger partial charge in [0.2, 0.25) is 0 Å². The molecule has 5 heteroatoms. The molecule has 0 saturated carbocycles. The average Bonchev–Trinajstić information content (AvgIpc) is 2.74. The normalized spacial score (nSPS) is 11.2. The molecule has 4 rings (SSSR count). The first-order valence-electron chi connectivity index (χ1n) is 8.87. The fraction of sp³-hybridized carbons (Fsp3) is 0.0435. The molecule has 138 valence electrons. The first kappa shape index (κ1) is 17.5. The van der Waals surface area contributed by atoms with Crippen molar-refractivity contribution < 1.29 is 4.74 Å². The molecule has 0 unspecified atom stereocenters. The summed E-state index contributed by atoms with van der Waals surface area (Å²) in [5.41, 5.74) is 8.78. The van der Waals surface area contributed by atoms with Gasteiger partial charge < -0.3 is 10.5 Å². The Labute approximate surface area is 162 Å². The lowest BCUT2D eigenvalue weighted by Gasteiger charge is -2.11. The van der Waals surface area contributed by atoms with Crippen molar-refractivity contribution in [2.75, 3.05) is 12.8 Å². The summed E-state index contributed by atoms with van der Waals surface area (Å²) < 4.78 is 6.88. The first-order chi connectivity index (χ1) is 13.7. The van der Waals surface area contributed by atoms with Crippen molar-refractivity contribution in [3.05, 3.63) is 94.5 Å². The summed E-state index contributed by atoms with van der Waals surface area (Å²) in [5, 5.41) is 0.574. The lowest BCUT2D eigenvalue weighted by molar-refractivity contribution is 0.417. The second kappa shape index (κ2) is 7.40. The molecule has 0 aliphatic carbocycles. The van der Waals surface area contributed by atoms with Crippen LogP contribution in [0.1, 0.15) is 11.4 Å². The molecule has 4 aromatic rings. The molecule has 0 saturated heterocycles. The number of aromatic nitrogens is 2. The van der Waals surface area contributed by atoms with E-state index in [0.717, 1.165) is 11.3 Å². The fourth-order valence-corrected chi connectivity index (χ4v) is 3.14. The minimum atomic E-state index is -0.116. The number of fused-ring (bicyclic) bond motifs is 1. The number of para-hydroxylation sites is 3. The molecule has 0 aliphatic rings. The Hall–Kier alpha value is -3.86. The highest BCUT2D eigenvalue weighted by molar-refractivity contribution is 5.81. The van der Waals surface area contributed by atoms with Crippen molar-refractivity contribution in [2.45, 2.75) is 0 Å². The van der Waals surface area contributed by atoms with Crippen molar-refractivity contribution in [2.24, 2.45) is 0 Å². The summed E-state index contributed by atoms with van der Waals surface area (Å²) >= 11 is 0. The zero-order valence-electron chi connectivity index (χ0n) is 15.4. The Balaban J connectivity index is 1.92. The van der Waals surface area contributed by atoms with E-state index in [-0.39, 0.29) is 5.56 Å². The molecule has 0 atom stereocenters. The predicted octanol–water partition coefficient (Wildman–Crippen LogP) is 4.15. The van der Waals surface area contributed by atoms with E-state index in [2.05, 4.69) is 0 Å². The van der Waals surface area contributed by atoms with Gasteiger partial charge in [0.1, 0.15) is 11.6 Å². The molecule has 0 aliphatic heterocycles. The maximum Gasteiger partial charge on any atom is 0.266 e. The van der Waals surface area contributed by atoms with Crippen molar-refractivity contribution in [1.82, 2.24) is 9.55 Å². The third-order valence-electron chi connectivity index (χ3n) is 4.55. The summed E-state index contributed by atoms with van der Waals surface area (Å²) in [6.45, 7) is 0. The van der Waals surface area contributed by atoms with Crippen LogP contribution in [0.15, 0.2) is 77.6 Å². The molecule has 0 radical (unpaired) electrons. The summed E-state index contributed by atoms with van der Waals surface area (Å²) in [4.78, 5) is 17.9. The molecule has 0 fully saturated rings. The van der Waals surface area contributed by atoms with Crippen LogP contribution < -0.4 is 16.0 Å². The van der Waals surface area contributed by atoms with Crippen molar-refractivity contribution in [3.63, 3.8) is 0 Å². The molecule has 5 nitrogen and oxygen atoms in total. The number of nitrogens with two attached hydrogens (primary N) is 1. The lowest BCUT2D eigenvalue weighted by Crippen LogP contribution is -2.22. The standard InChI is InChI=1S/C23H19N3O2/c1-28-20-13-7-8-16(22(20)24)14-15-21-25-19-12-6-5-11-18(19)23(27)26(21)17-9-3-2-4-10-17/h2-15H,24H2,1H3/b15-14+. The lowest BCUT2D eigenvalue weighted by atomic mass is 10.1. The van der Waals surface area contributed by atoms with Crippen LogP contribution >= 0.6 is 0 Å². The van der Waals surface area contributed by atoms with Crippen LogP contribution in [0.2, 0.25) is 0 Å². The molecule has 1 heterocycles. The van der Waals surface area contributed by atoms with Gasteiger partial charge in [-0.25, -0.2) is 4.98 Å². The second-order valence-corrected chi connectivity index (χ2v) is 6.26. The maximum absolute atomic E-state index is 13.2. The Morgan fingerprint density at radius 1 is 0.929 bits per heavy atom. The smallest absolute Gasteiger partial charge is 0.266 e. The molecule has 3 aromatic carbocycles. The number of nitrogen functional groups attached to an aromatic ring is 1. The maximum atomic E-state index is 13.2. The Kier molecular flexibility index (Phi) is 4.64. The highest BCUT2D eigenvalue weighted by Gasteiger charge is 2.11. The average molecular weight is 369 g/mol. The van der Waals surface area contributed by atoms with Crippen LogP contribution in [0.4, 0.5) is 5.69 Å². The van der Waals surface area contributed by atoms with Gasteiger partial charge in [-0.15, -0.1) is 0 Å². The summed E-state index contributed by atoms with van der Waals surface area (Å²) in [6, 6.07) is 22.4. The van der Waals surface area contributed by atoms with Gasteiger partial charge in [0.05, 0.1) is 29.4 Å². The molecular weight excluding hydrogens is 350 g/mol. The fourth-order valence-electron chi connectivity index (χ4n) is 3.14. The zero-order valence-corrected chi connectivity index (χ0v) is 15.4. The van der Waals surface area contributed by atoms with Crippen LogP contribution in [0, 0.1) is 0 Å². The zero-order chi connectivity index (χ0) is 19.5. The number of anilines is 1. The number of ether oxygens (including phenoxy) is 1. The number of benzene rings is 3. The number of rotatable bonds is 4. The third kappa shape index (κ3) is 3.14. The molecule has 0 bridgehead atoms. The molecular formula is C23H19N3O2. The van der Waals surface area contributed by atoms with Crippen LogP contribution in [0.25, 0.3) is 28.7 Å². The van der Waals surface area contributed by atoms with Gasteiger partial charge in [-0.3, -0.25) is 9.36 Å². The van der Waals surface area contributed by atoms with E-state index >= 15 is 0 Å². The Morgan fingerprint density at radius 3 is 2.46 bits per heavy atom. The number of hydrogen-bond donors (Lipinski definition) is 1. The van der Waals surface area contributed by atoms with E-state index in [9.17, 15) is 4.79 Å². The van der Waals surface area contributed by atoms with E-state index in [1.165, 1.54) is 0 Å². The molecule has 0 amide bonds. The topological polar surface area (TPSA) is 70.1 Å². The minimum absolute atomic E-state index is 0.116. The molecule has 1 aromatic heterocycles. The van der Waals surface area contributed by atoms with Gasteiger partial charge in [-0.05, 0) is 42.5 Å². The van der Waals surface area contributed by atoms with Gasteiger partial charge in [0, 0.05) is 5.56 Å². The summed E-state index contributed by atoms with van der Waals surface area (Å²) in [7, 11) is 1.58. The van der Waals surface area contributed by atoms with E-state index < -0.39 is 0 Å². The first-order valence-corrected chi connectivity index (χ1v) is 8.87. The Morgan fingerprint density at radius 2 is 1.68 bits per heavy atom.